The summed E-state index contributed by atoms with van der Waals surface area (Å²) in [5, 5.41) is 30.1. The molecule has 10 heteroatoms. The number of aryl methyl sites for hydroxylation is 2. The van der Waals surface area contributed by atoms with Crippen LogP contribution in [0.3, 0.4) is 0 Å². The summed E-state index contributed by atoms with van der Waals surface area (Å²) in [5.74, 6) is 0.351. The summed E-state index contributed by atoms with van der Waals surface area (Å²) in [6, 6.07) is 0. The Bertz CT molecular complexity index is 437. The number of hydrogen-bond acceptors (Lipinski definition) is 8. The van der Waals surface area contributed by atoms with Gasteiger partial charge in [0, 0.05) is 0 Å². The molecule has 2 rings (SSSR count). The third kappa shape index (κ3) is 2.21. The lowest BCUT2D eigenvalue weighted by Crippen LogP contribution is -1.97. The average Bonchev–Trinajstić information content (AvgIpc) is 2.95. The predicted octanol–water partition coefficient (Wildman–Crippen LogP) is 0.115. The molecule has 0 aromatic carbocycles. The van der Waals surface area contributed by atoms with Crippen LogP contribution >= 0.6 is 0 Å². The van der Waals surface area contributed by atoms with Gasteiger partial charge >= 0.3 is 11.9 Å². The number of nitrogens with zero attached hydrogens (tertiary/aromatic N) is 10. The number of tetrazole rings is 2. The predicted molar refractivity (Wildman–Crippen MR) is 51.2 cm³/mol. The molecule has 0 N–H and O–H groups in total. The second kappa shape index (κ2) is 4.51. The van der Waals surface area contributed by atoms with Crippen molar-refractivity contribution in [1.29, 1.82) is 0 Å². The summed E-state index contributed by atoms with van der Waals surface area (Å²) in [4.78, 5) is 2.81. The molecular formula is C6H10N10. The highest BCUT2D eigenvalue weighted by atomic mass is 15.6. The summed E-state index contributed by atoms with van der Waals surface area (Å²) in [6.45, 7) is 5.06. The fourth-order valence-corrected chi connectivity index (χ4v) is 0.907. The van der Waals surface area contributed by atoms with E-state index in [4.69, 9.17) is 0 Å². The first-order chi connectivity index (χ1) is 7.81. The van der Waals surface area contributed by atoms with E-state index in [2.05, 4.69) is 41.0 Å². The van der Waals surface area contributed by atoms with Crippen molar-refractivity contribution in [2.24, 2.45) is 10.2 Å². The van der Waals surface area contributed by atoms with Crippen molar-refractivity contribution in [1.82, 2.24) is 40.4 Å². The van der Waals surface area contributed by atoms with Crippen LogP contribution in [0.4, 0.5) is 11.9 Å². The van der Waals surface area contributed by atoms with Crippen LogP contribution in [0.1, 0.15) is 13.8 Å². The van der Waals surface area contributed by atoms with Gasteiger partial charge in [0.2, 0.25) is 0 Å². The Balaban J connectivity index is 2.08. The molecule has 2 aromatic heterocycles. The highest BCUT2D eigenvalue weighted by Gasteiger charge is 2.01. The molecule has 2 aromatic rings. The van der Waals surface area contributed by atoms with Crippen molar-refractivity contribution in [3.05, 3.63) is 0 Å². The van der Waals surface area contributed by atoms with E-state index in [-0.39, 0.29) is 11.9 Å². The van der Waals surface area contributed by atoms with Gasteiger partial charge in [0.15, 0.2) is 0 Å². The van der Waals surface area contributed by atoms with Gasteiger partial charge in [0.1, 0.15) is 0 Å². The highest BCUT2D eigenvalue weighted by molar-refractivity contribution is 5.11. The van der Waals surface area contributed by atoms with E-state index < -0.39 is 0 Å². The smallest absolute Gasteiger partial charge is 0.162 e. The van der Waals surface area contributed by atoms with Crippen LogP contribution in [-0.2, 0) is 13.1 Å². The molecule has 0 aliphatic heterocycles. The third-order valence-electron chi connectivity index (χ3n) is 1.68. The summed E-state index contributed by atoms with van der Waals surface area (Å²) in [5.41, 5.74) is 0. The molecule has 0 aliphatic carbocycles. The van der Waals surface area contributed by atoms with Crippen molar-refractivity contribution in [3.63, 3.8) is 0 Å². The normalized spacial score (nSPS) is 11.4. The minimum atomic E-state index is 0.176. The number of azo groups is 1. The number of hydrogen-bond donors (Lipinski definition) is 0. The lowest BCUT2D eigenvalue weighted by Gasteiger charge is -1.84. The van der Waals surface area contributed by atoms with Gasteiger partial charge in [-0.25, -0.2) is 0 Å². The molecule has 10 nitrogen and oxygen atoms in total. The zero-order valence-electron chi connectivity index (χ0n) is 8.89. The Morgan fingerprint density at radius 3 is 1.62 bits per heavy atom. The molecule has 0 radical (unpaired) electrons. The molecule has 0 saturated heterocycles. The van der Waals surface area contributed by atoms with Crippen LogP contribution in [0.25, 0.3) is 0 Å². The molecule has 0 atom stereocenters. The quantitative estimate of drug-likeness (QED) is 0.679. The topological polar surface area (TPSA) is 112 Å². The number of aromatic nitrogens is 8. The molecule has 0 bridgehead atoms. The molecule has 0 aliphatic rings. The zero-order valence-corrected chi connectivity index (χ0v) is 8.89. The van der Waals surface area contributed by atoms with Crippen molar-refractivity contribution in [2.45, 2.75) is 26.9 Å². The lowest BCUT2D eigenvalue weighted by atomic mass is 10.8. The molecule has 16 heavy (non-hydrogen) atoms. The fourth-order valence-electron chi connectivity index (χ4n) is 0.907. The van der Waals surface area contributed by atoms with E-state index >= 15 is 0 Å². The van der Waals surface area contributed by atoms with Gasteiger partial charge in [-0.3, -0.25) is 0 Å². The van der Waals surface area contributed by atoms with E-state index in [1.54, 1.807) is 0 Å². The van der Waals surface area contributed by atoms with Gasteiger partial charge in [0.05, 0.1) is 13.1 Å². The Morgan fingerprint density at radius 1 is 0.875 bits per heavy atom. The third-order valence-corrected chi connectivity index (χ3v) is 1.68. The minimum Gasteiger partial charge on any atom is -0.162 e. The average molecular weight is 222 g/mol. The summed E-state index contributed by atoms with van der Waals surface area (Å²) < 4.78 is 0. The largest absolute Gasteiger partial charge is 0.307 e. The van der Waals surface area contributed by atoms with Gasteiger partial charge in [-0.2, -0.15) is 9.59 Å². The van der Waals surface area contributed by atoms with Crippen molar-refractivity contribution >= 4 is 11.9 Å². The molecule has 84 valence electrons. The van der Waals surface area contributed by atoms with Gasteiger partial charge in [-0.1, -0.05) is 10.2 Å². The van der Waals surface area contributed by atoms with E-state index in [0.29, 0.717) is 13.1 Å². The van der Waals surface area contributed by atoms with E-state index in [0.717, 1.165) is 0 Å². The summed E-state index contributed by atoms with van der Waals surface area (Å²) in [6.07, 6.45) is 0. The van der Waals surface area contributed by atoms with Gasteiger partial charge in [0.25, 0.3) is 0 Å². The van der Waals surface area contributed by atoms with Crippen molar-refractivity contribution in [2.75, 3.05) is 0 Å². The molecular weight excluding hydrogens is 212 g/mol. The van der Waals surface area contributed by atoms with E-state index in [1.165, 1.54) is 9.59 Å². The minimum absolute atomic E-state index is 0.176. The van der Waals surface area contributed by atoms with Crippen LogP contribution < -0.4 is 0 Å². The first-order valence-electron chi connectivity index (χ1n) is 4.79. The first kappa shape index (κ1) is 10.3. The van der Waals surface area contributed by atoms with Crippen molar-refractivity contribution in [3.8, 4) is 0 Å². The second-order valence-corrected chi connectivity index (χ2v) is 2.76. The highest BCUT2D eigenvalue weighted by Crippen LogP contribution is 2.06. The monoisotopic (exact) mass is 222 g/mol. The molecule has 0 spiro atoms. The Hall–Kier alpha value is -2.26. The van der Waals surface area contributed by atoms with Gasteiger partial charge in [-0.15, -0.1) is 20.4 Å². The summed E-state index contributed by atoms with van der Waals surface area (Å²) >= 11 is 0. The molecule has 0 saturated carbocycles. The van der Waals surface area contributed by atoms with Gasteiger partial charge < -0.3 is 0 Å². The van der Waals surface area contributed by atoms with E-state index in [9.17, 15) is 0 Å². The maximum Gasteiger partial charge on any atom is 0.307 e. The number of rotatable bonds is 4. The zero-order chi connectivity index (χ0) is 11.4. The summed E-state index contributed by atoms with van der Waals surface area (Å²) in [7, 11) is 0. The fraction of sp³-hybridized carbons (Fsp3) is 0.667. The SMILES string of the molecule is CCn1nnc(N=Nc2nnn(CC)n2)n1. The molecule has 0 fully saturated rings. The van der Waals surface area contributed by atoms with Crippen LogP contribution in [0.5, 0.6) is 0 Å². The Labute approximate surface area is 90.4 Å². The van der Waals surface area contributed by atoms with Crippen LogP contribution in [0, 0.1) is 0 Å². The lowest BCUT2D eigenvalue weighted by molar-refractivity contribution is 0.552. The Morgan fingerprint density at radius 2 is 1.31 bits per heavy atom. The van der Waals surface area contributed by atoms with Crippen LogP contribution in [-0.4, -0.2) is 40.4 Å². The van der Waals surface area contributed by atoms with Gasteiger partial charge in [-0.05, 0) is 24.3 Å². The Kier molecular flexibility index (Phi) is 2.89. The first-order valence-corrected chi connectivity index (χ1v) is 4.79. The van der Waals surface area contributed by atoms with Crippen LogP contribution in [0.15, 0.2) is 10.2 Å². The standard InChI is InChI=1S/C6H10N10/c1-3-15-11-5(9-13-15)7-8-6-10-14-16(4-2)12-6/h3-4H2,1-2H3. The molecule has 0 amide bonds. The van der Waals surface area contributed by atoms with E-state index in [1.807, 2.05) is 13.8 Å². The molecule has 2 heterocycles. The maximum absolute atomic E-state index is 3.92. The molecule has 0 unspecified atom stereocenters. The maximum atomic E-state index is 3.92. The van der Waals surface area contributed by atoms with Crippen LogP contribution in [0.2, 0.25) is 0 Å². The van der Waals surface area contributed by atoms with Crippen molar-refractivity contribution < 1.29 is 0 Å². The second-order valence-electron chi connectivity index (χ2n) is 2.76.